The molecule has 1 saturated heterocycles. The molecule has 28 heavy (non-hydrogen) atoms. The number of hydrogen-bond acceptors (Lipinski definition) is 4. The van der Waals surface area contributed by atoms with Crippen LogP contribution in [0.4, 0.5) is 8.78 Å². The molecule has 2 N–H and O–H groups in total. The Morgan fingerprint density at radius 3 is 2.75 bits per heavy atom. The summed E-state index contributed by atoms with van der Waals surface area (Å²) in [5.41, 5.74) is -0.00152. The molecule has 2 unspecified atom stereocenters. The maximum absolute atomic E-state index is 13.8. The molecule has 1 amide bonds. The van der Waals surface area contributed by atoms with Gasteiger partial charge < -0.3 is 15.2 Å². The van der Waals surface area contributed by atoms with Crippen molar-refractivity contribution in [1.29, 1.82) is 0 Å². The van der Waals surface area contributed by atoms with Crippen LogP contribution in [-0.4, -0.2) is 52.6 Å². The molecule has 9 heteroatoms. The molecular weight excluding hydrogens is 388 g/mol. The van der Waals surface area contributed by atoms with Crippen molar-refractivity contribution in [2.75, 3.05) is 26.2 Å². The Morgan fingerprint density at radius 1 is 1.39 bits per heavy atom. The highest BCUT2D eigenvalue weighted by Gasteiger charge is 2.28. The zero-order valence-electron chi connectivity index (χ0n) is 16.0. The van der Waals surface area contributed by atoms with E-state index in [4.69, 9.17) is 0 Å². The summed E-state index contributed by atoms with van der Waals surface area (Å²) in [7, 11) is 1.93. The monoisotopic (exact) mass is 413 g/mol. The topological polar surface area (TPSA) is 62.2 Å². The van der Waals surface area contributed by atoms with Gasteiger partial charge in [0.1, 0.15) is 17.5 Å². The molecule has 2 aromatic rings. The molecule has 6 nitrogen and oxygen atoms in total. The van der Waals surface area contributed by atoms with Crippen LogP contribution in [0.2, 0.25) is 0 Å². The van der Waals surface area contributed by atoms with Gasteiger partial charge in [0.2, 0.25) is 5.91 Å². The summed E-state index contributed by atoms with van der Waals surface area (Å²) in [4.78, 5) is 19.0. The molecule has 1 aromatic carbocycles. The van der Waals surface area contributed by atoms with Gasteiger partial charge in [-0.3, -0.25) is 9.69 Å². The highest BCUT2D eigenvalue weighted by Crippen LogP contribution is 2.20. The zero-order chi connectivity index (χ0) is 19.4. The summed E-state index contributed by atoms with van der Waals surface area (Å²) >= 11 is 0. The fourth-order valence-electron chi connectivity index (χ4n) is 3.48. The first-order valence-electron chi connectivity index (χ1n) is 9.10. The Kier molecular flexibility index (Phi) is 7.91. The molecule has 0 aliphatic carbocycles. The van der Waals surface area contributed by atoms with E-state index in [0.29, 0.717) is 6.54 Å². The van der Waals surface area contributed by atoms with Gasteiger partial charge in [-0.2, -0.15) is 0 Å². The fraction of sp³-hybridized carbons (Fsp3) is 0.474. The van der Waals surface area contributed by atoms with E-state index in [1.54, 1.807) is 13.1 Å². The molecule has 0 saturated carbocycles. The van der Waals surface area contributed by atoms with Crippen LogP contribution in [0.25, 0.3) is 0 Å². The largest absolute Gasteiger partial charge is 0.352 e. The van der Waals surface area contributed by atoms with Crippen molar-refractivity contribution in [1.82, 2.24) is 25.1 Å². The Morgan fingerprint density at radius 2 is 2.11 bits per heavy atom. The maximum Gasteiger partial charge on any atom is 0.234 e. The van der Waals surface area contributed by atoms with Crippen molar-refractivity contribution in [3.8, 4) is 0 Å². The summed E-state index contributed by atoms with van der Waals surface area (Å²) < 4.78 is 29.5. The second kappa shape index (κ2) is 9.95. The number of rotatable bonds is 6. The smallest absolute Gasteiger partial charge is 0.234 e. The highest BCUT2D eigenvalue weighted by molar-refractivity contribution is 5.85. The Bertz CT molecular complexity index is 780. The number of carbonyl (C=O) groups is 1. The molecular formula is C19H26ClF2N5O. The van der Waals surface area contributed by atoms with Crippen molar-refractivity contribution in [3.63, 3.8) is 0 Å². The predicted molar refractivity (Wildman–Crippen MR) is 105 cm³/mol. The summed E-state index contributed by atoms with van der Waals surface area (Å²) in [5.74, 6) is -0.446. The number of amides is 1. The molecule has 1 aromatic heterocycles. The van der Waals surface area contributed by atoms with Crippen molar-refractivity contribution >= 4 is 18.3 Å². The minimum atomic E-state index is -0.590. The third-order valence-corrected chi connectivity index (χ3v) is 4.84. The molecule has 1 aliphatic heterocycles. The molecule has 0 bridgehead atoms. The summed E-state index contributed by atoms with van der Waals surface area (Å²) in [6.07, 6.45) is 3.73. The van der Waals surface area contributed by atoms with E-state index in [0.717, 1.165) is 18.9 Å². The van der Waals surface area contributed by atoms with Crippen molar-refractivity contribution in [2.24, 2.45) is 7.05 Å². The minimum Gasteiger partial charge on any atom is -0.352 e. The molecule has 0 spiro atoms. The second-order valence-electron chi connectivity index (χ2n) is 6.96. The second-order valence-corrected chi connectivity index (χ2v) is 6.96. The Labute approximate surface area is 169 Å². The van der Waals surface area contributed by atoms with Gasteiger partial charge in [0.15, 0.2) is 0 Å². The van der Waals surface area contributed by atoms with Gasteiger partial charge in [-0.25, -0.2) is 13.8 Å². The van der Waals surface area contributed by atoms with Gasteiger partial charge in [-0.15, -0.1) is 12.4 Å². The lowest BCUT2D eigenvalue weighted by atomic mass is 10.1. The number of nitrogens with one attached hydrogen (secondary N) is 2. The predicted octanol–water partition coefficient (Wildman–Crippen LogP) is 1.81. The lowest BCUT2D eigenvalue weighted by Gasteiger charge is -2.35. The average Bonchev–Trinajstić information content (AvgIpc) is 3.04. The number of carbonyl (C=O) groups excluding carboxylic acids is 1. The van der Waals surface area contributed by atoms with E-state index < -0.39 is 11.6 Å². The summed E-state index contributed by atoms with van der Waals surface area (Å²) in [6, 6.07) is 3.41. The first-order chi connectivity index (χ1) is 13.0. The van der Waals surface area contributed by atoms with Crippen LogP contribution >= 0.6 is 12.4 Å². The first-order valence-corrected chi connectivity index (χ1v) is 9.10. The van der Waals surface area contributed by atoms with Crippen molar-refractivity contribution < 1.29 is 13.6 Å². The Hall–Kier alpha value is -2.03. The number of hydrogen-bond donors (Lipinski definition) is 2. The van der Waals surface area contributed by atoms with Crippen LogP contribution in [0.5, 0.6) is 0 Å². The number of nitrogens with zero attached hydrogens (tertiary/aromatic N) is 3. The molecule has 0 radical (unpaired) electrons. The van der Waals surface area contributed by atoms with Gasteiger partial charge in [0, 0.05) is 50.7 Å². The molecule has 1 aliphatic rings. The van der Waals surface area contributed by atoms with Gasteiger partial charge >= 0.3 is 0 Å². The summed E-state index contributed by atoms with van der Waals surface area (Å²) in [5, 5.41) is 6.18. The average molecular weight is 414 g/mol. The quantitative estimate of drug-likeness (QED) is 0.758. The van der Waals surface area contributed by atoms with Gasteiger partial charge in [-0.05, 0) is 25.5 Å². The molecule has 3 rings (SSSR count). The fourth-order valence-corrected chi connectivity index (χ4v) is 3.48. The van der Waals surface area contributed by atoms with Crippen molar-refractivity contribution in [2.45, 2.75) is 25.4 Å². The van der Waals surface area contributed by atoms with Crippen LogP contribution in [0, 0.1) is 11.6 Å². The summed E-state index contributed by atoms with van der Waals surface area (Å²) in [6.45, 7) is 4.20. The highest BCUT2D eigenvalue weighted by atomic mass is 35.5. The molecule has 2 atom stereocenters. The minimum absolute atomic E-state index is 0. The van der Waals surface area contributed by atoms with E-state index in [9.17, 15) is 13.6 Å². The van der Waals surface area contributed by atoms with Crippen LogP contribution in [0.3, 0.4) is 0 Å². The maximum atomic E-state index is 13.8. The lowest BCUT2D eigenvalue weighted by Crippen LogP contribution is -2.51. The number of aromatic nitrogens is 2. The van der Waals surface area contributed by atoms with Crippen LogP contribution in [0.1, 0.15) is 24.4 Å². The first kappa shape index (κ1) is 22.3. The van der Waals surface area contributed by atoms with E-state index in [-0.39, 0.29) is 48.9 Å². The van der Waals surface area contributed by atoms with Crippen LogP contribution in [0.15, 0.2) is 30.6 Å². The molecule has 2 heterocycles. The van der Waals surface area contributed by atoms with Gasteiger partial charge in [0.25, 0.3) is 0 Å². The van der Waals surface area contributed by atoms with Gasteiger partial charge in [0.05, 0.1) is 12.6 Å². The number of aryl methyl sites for hydroxylation is 1. The van der Waals surface area contributed by atoms with E-state index in [1.807, 2.05) is 17.8 Å². The SMILES string of the molecule is CC(Cc1c(F)cccc1F)NC(=O)CN1CCNCC1c1nccn1C.Cl. The number of halogens is 3. The van der Waals surface area contributed by atoms with E-state index in [2.05, 4.69) is 20.5 Å². The van der Waals surface area contributed by atoms with Crippen LogP contribution < -0.4 is 10.6 Å². The van der Waals surface area contributed by atoms with Crippen LogP contribution in [-0.2, 0) is 18.3 Å². The van der Waals surface area contributed by atoms with Crippen molar-refractivity contribution in [3.05, 3.63) is 53.6 Å². The third kappa shape index (κ3) is 5.27. The zero-order valence-corrected chi connectivity index (χ0v) is 16.8. The molecule has 154 valence electrons. The number of benzene rings is 1. The van der Waals surface area contributed by atoms with Gasteiger partial charge in [-0.1, -0.05) is 6.07 Å². The van der Waals surface area contributed by atoms with E-state index in [1.165, 1.54) is 18.2 Å². The van der Waals surface area contributed by atoms with E-state index >= 15 is 0 Å². The molecule has 1 fully saturated rings. The Balaban J connectivity index is 0.00000280. The lowest BCUT2D eigenvalue weighted by molar-refractivity contribution is -0.123. The number of piperazine rings is 1. The standard InChI is InChI=1S/C19H25F2N5O.ClH/c1-13(10-14-15(20)4-3-5-16(14)21)24-18(27)12-26-9-6-22-11-17(26)19-23-7-8-25(19)2;/h3-5,7-8,13,17,22H,6,9-12H2,1-2H3,(H,24,27);1H. The number of imidazole rings is 1. The normalized spacial score (nSPS) is 18.4. The third-order valence-electron chi connectivity index (χ3n) is 4.84.